The summed E-state index contributed by atoms with van der Waals surface area (Å²) < 4.78 is 28.3. The second kappa shape index (κ2) is 7.91. The number of hydrogen-bond donors (Lipinski definition) is 2. The van der Waals surface area contributed by atoms with E-state index in [-0.39, 0.29) is 11.3 Å². The third kappa shape index (κ3) is 4.10. The maximum atomic E-state index is 13.0. The van der Waals surface area contributed by atoms with Gasteiger partial charge in [-0.05, 0) is 18.2 Å². The highest BCUT2D eigenvalue weighted by molar-refractivity contribution is 7.89. The summed E-state index contributed by atoms with van der Waals surface area (Å²) in [4.78, 5) is 21.3. The van der Waals surface area contributed by atoms with Crippen LogP contribution in [0.4, 0.5) is 5.69 Å². The van der Waals surface area contributed by atoms with E-state index in [0.717, 1.165) is 11.1 Å². The van der Waals surface area contributed by atoms with Gasteiger partial charge in [0, 0.05) is 48.9 Å². The van der Waals surface area contributed by atoms with Gasteiger partial charge in [0.15, 0.2) is 0 Å². The number of benzene rings is 2. The molecule has 3 aromatic rings. The Balaban J connectivity index is 2.00. The van der Waals surface area contributed by atoms with Crippen LogP contribution in [0.25, 0.3) is 10.8 Å². The number of carboxylic acid groups (broad SMARTS) is 1. The van der Waals surface area contributed by atoms with E-state index < -0.39 is 22.0 Å². The molecule has 0 fully saturated rings. The van der Waals surface area contributed by atoms with Crippen molar-refractivity contribution in [3.8, 4) is 0 Å². The van der Waals surface area contributed by atoms with E-state index in [9.17, 15) is 18.3 Å². The number of hydrogen-bond acceptors (Lipinski definition) is 6. The molecule has 0 aliphatic rings. The number of fused-ring (bicyclic) bond motifs is 1. The molecule has 146 valence electrons. The van der Waals surface area contributed by atoms with Crippen LogP contribution in [0.5, 0.6) is 0 Å². The standard InChI is InChI=1S/C19H20N4O4S/c1-23(2)17-7-3-6-15-14(17)5-4-8-18(15)28(26,27)22-16(19(24)25)11-13-9-10-20-12-21-13/h3-10,12,16,22H,11H2,1-2H3,(H,24,25). The second-order valence-corrected chi connectivity index (χ2v) is 8.12. The van der Waals surface area contributed by atoms with E-state index in [4.69, 9.17) is 0 Å². The van der Waals surface area contributed by atoms with Crippen LogP contribution in [0.1, 0.15) is 5.69 Å². The first-order valence-corrected chi connectivity index (χ1v) is 9.97. The maximum absolute atomic E-state index is 13.0. The normalized spacial score (nSPS) is 12.6. The predicted octanol–water partition coefficient (Wildman–Crippen LogP) is 1.67. The molecule has 8 nitrogen and oxygen atoms in total. The van der Waals surface area contributed by atoms with Crippen molar-refractivity contribution in [3.63, 3.8) is 0 Å². The number of carbonyl (C=O) groups is 1. The lowest BCUT2D eigenvalue weighted by Gasteiger charge is -2.18. The number of rotatable bonds is 7. The number of anilines is 1. The van der Waals surface area contributed by atoms with Crippen LogP contribution in [-0.2, 0) is 21.2 Å². The molecule has 0 amide bonds. The van der Waals surface area contributed by atoms with Gasteiger partial charge in [0.25, 0.3) is 0 Å². The van der Waals surface area contributed by atoms with Crippen LogP contribution in [0.3, 0.4) is 0 Å². The number of aromatic nitrogens is 2. The average molecular weight is 400 g/mol. The molecule has 0 bridgehead atoms. The van der Waals surface area contributed by atoms with Crippen molar-refractivity contribution < 1.29 is 18.3 Å². The van der Waals surface area contributed by atoms with Gasteiger partial charge in [-0.2, -0.15) is 4.72 Å². The highest BCUT2D eigenvalue weighted by atomic mass is 32.2. The first kappa shape index (κ1) is 19.7. The van der Waals surface area contributed by atoms with Gasteiger partial charge in [0.1, 0.15) is 12.4 Å². The summed E-state index contributed by atoms with van der Waals surface area (Å²) in [5.41, 5.74) is 1.29. The zero-order valence-corrected chi connectivity index (χ0v) is 16.2. The number of nitrogens with zero attached hydrogens (tertiary/aromatic N) is 3. The third-order valence-electron chi connectivity index (χ3n) is 4.28. The molecule has 2 aromatic carbocycles. The Morgan fingerprint density at radius 1 is 1.14 bits per heavy atom. The van der Waals surface area contributed by atoms with Gasteiger partial charge in [0.2, 0.25) is 10.0 Å². The molecule has 9 heteroatoms. The Morgan fingerprint density at radius 3 is 2.50 bits per heavy atom. The highest BCUT2D eigenvalue weighted by Crippen LogP contribution is 2.30. The first-order valence-electron chi connectivity index (χ1n) is 8.48. The van der Waals surface area contributed by atoms with Crippen LogP contribution in [-0.4, -0.2) is 49.6 Å². The summed E-state index contributed by atoms with van der Waals surface area (Å²) in [6.45, 7) is 0. The number of aliphatic carboxylic acids is 1. The lowest BCUT2D eigenvalue weighted by atomic mass is 10.1. The molecule has 1 unspecified atom stereocenters. The fourth-order valence-corrected chi connectivity index (χ4v) is 4.38. The van der Waals surface area contributed by atoms with E-state index in [0.29, 0.717) is 11.1 Å². The maximum Gasteiger partial charge on any atom is 0.322 e. The summed E-state index contributed by atoms with van der Waals surface area (Å²) in [7, 11) is -0.344. The van der Waals surface area contributed by atoms with Crippen molar-refractivity contribution in [2.24, 2.45) is 0 Å². The summed E-state index contributed by atoms with van der Waals surface area (Å²) >= 11 is 0. The smallest absolute Gasteiger partial charge is 0.322 e. The second-order valence-electron chi connectivity index (χ2n) is 6.44. The highest BCUT2D eigenvalue weighted by Gasteiger charge is 2.27. The third-order valence-corrected chi connectivity index (χ3v) is 5.81. The summed E-state index contributed by atoms with van der Waals surface area (Å²) in [6, 6.07) is 10.5. The van der Waals surface area contributed by atoms with Gasteiger partial charge in [0.05, 0.1) is 4.90 Å². The predicted molar refractivity (Wildman–Crippen MR) is 106 cm³/mol. The van der Waals surface area contributed by atoms with Gasteiger partial charge in [-0.3, -0.25) is 4.79 Å². The van der Waals surface area contributed by atoms with Crippen molar-refractivity contribution in [1.29, 1.82) is 0 Å². The summed E-state index contributed by atoms with van der Waals surface area (Å²) in [5, 5.41) is 10.8. The molecule has 1 heterocycles. The number of sulfonamides is 1. The molecule has 2 N–H and O–H groups in total. The summed E-state index contributed by atoms with van der Waals surface area (Å²) in [6.07, 6.45) is 2.67. The number of carboxylic acids is 1. The largest absolute Gasteiger partial charge is 0.480 e. The quantitative estimate of drug-likeness (QED) is 0.620. The van der Waals surface area contributed by atoms with Crippen molar-refractivity contribution in [3.05, 3.63) is 60.7 Å². The molecule has 0 aliphatic carbocycles. The minimum atomic E-state index is -4.09. The molecule has 0 radical (unpaired) electrons. The topological polar surface area (TPSA) is 112 Å². The van der Waals surface area contributed by atoms with Gasteiger partial charge in [-0.25, -0.2) is 18.4 Å². The van der Waals surface area contributed by atoms with Gasteiger partial charge >= 0.3 is 5.97 Å². The SMILES string of the molecule is CN(C)c1cccc2c(S(=O)(=O)NC(Cc3ccncn3)C(=O)O)cccc12. The Kier molecular flexibility index (Phi) is 5.57. The minimum Gasteiger partial charge on any atom is -0.480 e. The van der Waals surface area contributed by atoms with Crippen LogP contribution in [0.2, 0.25) is 0 Å². The Morgan fingerprint density at radius 2 is 1.86 bits per heavy atom. The first-order chi connectivity index (χ1) is 13.3. The van der Waals surface area contributed by atoms with E-state index >= 15 is 0 Å². The van der Waals surface area contributed by atoms with Crippen molar-refractivity contribution >= 4 is 32.5 Å². The summed E-state index contributed by atoms with van der Waals surface area (Å²) in [5.74, 6) is -1.28. The molecule has 3 rings (SSSR count). The van der Waals surface area contributed by atoms with Crippen molar-refractivity contribution in [2.45, 2.75) is 17.4 Å². The average Bonchev–Trinajstić information content (AvgIpc) is 2.67. The molecule has 0 saturated carbocycles. The fraction of sp³-hybridized carbons (Fsp3) is 0.211. The zero-order chi connectivity index (χ0) is 20.3. The fourth-order valence-electron chi connectivity index (χ4n) is 2.97. The van der Waals surface area contributed by atoms with Crippen LogP contribution >= 0.6 is 0 Å². The van der Waals surface area contributed by atoms with Crippen LogP contribution in [0.15, 0.2) is 59.9 Å². The Bertz CT molecular complexity index is 1100. The monoisotopic (exact) mass is 400 g/mol. The molecule has 0 spiro atoms. The molecule has 28 heavy (non-hydrogen) atoms. The Hall–Kier alpha value is -3.04. The zero-order valence-electron chi connectivity index (χ0n) is 15.4. The lowest BCUT2D eigenvalue weighted by Crippen LogP contribution is -2.42. The van der Waals surface area contributed by atoms with Gasteiger partial charge in [-0.15, -0.1) is 0 Å². The molecule has 1 atom stereocenters. The minimum absolute atomic E-state index is 0.0302. The van der Waals surface area contributed by atoms with Crippen molar-refractivity contribution in [1.82, 2.24) is 14.7 Å². The molecule has 1 aromatic heterocycles. The van der Waals surface area contributed by atoms with E-state index in [1.807, 2.05) is 31.1 Å². The lowest BCUT2D eigenvalue weighted by molar-refractivity contribution is -0.138. The van der Waals surface area contributed by atoms with Crippen molar-refractivity contribution in [2.75, 3.05) is 19.0 Å². The number of nitrogens with one attached hydrogen (secondary N) is 1. The Labute approximate surface area is 162 Å². The van der Waals surface area contributed by atoms with Crippen LogP contribution < -0.4 is 9.62 Å². The van der Waals surface area contributed by atoms with Gasteiger partial charge in [-0.1, -0.05) is 24.3 Å². The van der Waals surface area contributed by atoms with Gasteiger partial charge < -0.3 is 10.0 Å². The molecular weight excluding hydrogens is 380 g/mol. The van der Waals surface area contributed by atoms with Crippen LogP contribution in [0, 0.1) is 0 Å². The van der Waals surface area contributed by atoms with E-state index in [1.165, 1.54) is 18.6 Å². The van der Waals surface area contributed by atoms with E-state index in [1.54, 1.807) is 24.3 Å². The molecule has 0 saturated heterocycles. The van der Waals surface area contributed by atoms with E-state index in [2.05, 4.69) is 14.7 Å². The molecular formula is C19H20N4O4S. The molecule has 0 aliphatic heterocycles.